The molecular weight excluding hydrogens is 252 g/mol. The van der Waals surface area contributed by atoms with Gasteiger partial charge in [0.05, 0.1) is 30.1 Å². The SMILES string of the molecule is Cc1cn(N=Cc2ccccc2-n2ccnc2)c(N)n1. The average molecular weight is 266 g/mol. The minimum Gasteiger partial charge on any atom is -0.368 e. The lowest BCUT2D eigenvalue weighted by atomic mass is 10.2. The van der Waals surface area contributed by atoms with E-state index in [4.69, 9.17) is 5.73 Å². The quantitative estimate of drug-likeness (QED) is 0.735. The monoisotopic (exact) mass is 266 g/mol. The van der Waals surface area contributed by atoms with Crippen molar-refractivity contribution in [2.75, 3.05) is 5.73 Å². The molecule has 3 aromatic rings. The Morgan fingerprint density at radius 2 is 2.15 bits per heavy atom. The van der Waals surface area contributed by atoms with Crippen LogP contribution in [0.25, 0.3) is 5.69 Å². The summed E-state index contributed by atoms with van der Waals surface area (Å²) in [5.41, 5.74) is 8.57. The topological polar surface area (TPSA) is 74.0 Å². The lowest BCUT2D eigenvalue weighted by molar-refractivity contribution is 0.896. The summed E-state index contributed by atoms with van der Waals surface area (Å²) >= 11 is 0. The summed E-state index contributed by atoms with van der Waals surface area (Å²) in [7, 11) is 0. The molecule has 2 aromatic heterocycles. The van der Waals surface area contributed by atoms with Crippen LogP contribution in [0, 0.1) is 6.92 Å². The first kappa shape index (κ1) is 12.2. The van der Waals surface area contributed by atoms with E-state index >= 15 is 0 Å². The van der Waals surface area contributed by atoms with Crippen molar-refractivity contribution < 1.29 is 0 Å². The third kappa shape index (κ3) is 2.31. The van der Waals surface area contributed by atoms with E-state index in [1.807, 2.05) is 42.0 Å². The van der Waals surface area contributed by atoms with Crippen LogP contribution in [0.15, 0.2) is 54.3 Å². The first-order chi connectivity index (χ1) is 9.74. The van der Waals surface area contributed by atoms with Crippen LogP contribution in [0.1, 0.15) is 11.3 Å². The molecule has 0 saturated heterocycles. The molecular formula is C14H14N6. The number of anilines is 1. The van der Waals surface area contributed by atoms with Gasteiger partial charge < -0.3 is 10.3 Å². The Labute approximate surface area is 116 Å². The van der Waals surface area contributed by atoms with Crippen LogP contribution < -0.4 is 5.73 Å². The summed E-state index contributed by atoms with van der Waals surface area (Å²) in [6.45, 7) is 1.88. The van der Waals surface area contributed by atoms with Crippen molar-refractivity contribution in [1.82, 2.24) is 19.2 Å². The predicted molar refractivity (Wildman–Crippen MR) is 77.9 cm³/mol. The van der Waals surface area contributed by atoms with Crippen LogP contribution in [0.3, 0.4) is 0 Å². The summed E-state index contributed by atoms with van der Waals surface area (Å²) in [5.74, 6) is 0.374. The van der Waals surface area contributed by atoms with E-state index < -0.39 is 0 Å². The molecule has 0 amide bonds. The number of nitrogen functional groups attached to an aromatic ring is 1. The zero-order chi connectivity index (χ0) is 13.9. The molecule has 0 aliphatic heterocycles. The van der Waals surface area contributed by atoms with Crippen LogP contribution in [0.5, 0.6) is 0 Å². The second kappa shape index (κ2) is 5.00. The molecule has 0 saturated carbocycles. The number of rotatable bonds is 3. The highest BCUT2D eigenvalue weighted by atomic mass is 15.4. The number of aromatic nitrogens is 4. The maximum Gasteiger partial charge on any atom is 0.221 e. The fraction of sp³-hybridized carbons (Fsp3) is 0.0714. The van der Waals surface area contributed by atoms with E-state index in [2.05, 4.69) is 15.1 Å². The van der Waals surface area contributed by atoms with Crippen molar-refractivity contribution in [3.05, 3.63) is 60.4 Å². The summed E-state index contributed by atoms with van der Waals surface area (Å²) < 4.78 is 3.49. The summed E-state index contributed by atoms with van der Waals surface area (Å²) in [6, 6.07) is 7.93. The minimum absolute atomic E-state index is 0.374. The third-order valence-electron chi connectivity index (χ3n) is 2.88. The van der Waals surface area contributed by atoms with Gasteiger partial charge in [0.1, 0.15) is 0 Å². The largest absolute Gasteiger partial charge is 0.368 e. The van der Waals surface area contributed by atoms with Crippen molar-refractivity contribution in [3.63, 3.8) is 0 Å². The normalized spacial score (nSPS) is 11.2. The smallest absolute Gasteiger partial charge is 0.221 e. The van der Waals surface area contributed by atoms with Gasteiger partial charge in [-0.15, -0.1) is 0 Å². The molecule has 0 spiro atoms. The number of imidazole rings is 2. The van der Waals surface area contributed by atoms with Crippen molar-refractivity contribution >= 4 is 12.2 Å². The number of benzene rings is 1. The lowest BCUT2D eigenvalue weighted by Gasteiger charge is -2.05. The molecule has 0 unspecified atom stereocenters. The standard InChI is InChI=1S/C14H14N6/c1-11-9-20(14(15)18-11)17-8-12-4-2-3-5-13(12)19-7-6-16-10-19/h2-10H,1H3,(H2,15,18). The van der Waals surface area contributed by atoms with E-state index in [-0.39, 0.29) is 0 Å². The molecule has 0 bridgehead atoms. The van der Waals surface area contributed by atoms with Crippen molar-refractivity contribution in [3.8, 4) is 5.69 Å². The minimum atomic E-state index is 0.374. The number of nitrogens with zero attached hydrogens (tertiary/aromatic N) is 5. The van der Waals surface area contributed by atoms with Gasteiger partial charge >= 0.3 is 0 Å². The molecule has 100 valence electrons. The second-order valence-electron chi connectivity index (χ2n) is 4.36. The van der Waals surface area contributed by atoms with Gasteiger partial charge in [-0.25, -0.2) is 14.6 Å². The van der Waals surface area contributed by atoms with Gasteiger partial charge in [0, 0.05) is 18.0 Å². The van der Waals surface area contributed by atoms with Crippen LogP contribution >= 0.6 is 0 Å². The number of hydrogen-bond acceptors (Lipinski definition) is 4. The van der Waals surface area contributed by atoms with Gasteiger partial charge in [-0.1, -0.05) is 18.2 Å². The Kier molecular flexibility index (Phi) is 3.04. The molecule has 0 radical (unpaired) electrons. The molecule has 0 aliphatic rings. The fourth-order valence-electron chi connectivity index (χ4n) is 1.95. The maximum atomic E-state index is 5.76. The van der Waals surface area contributed by atoms with Gasteiger partial charge in [-0.3, -0.25) is 0 Å². The van der Waals surface area contributed by atoms with Gasteiger partial charge in [0.25, 0.3) is 0 Å². The van der Waals surface area contributed by atoms with Crippen LogP contribution in [0.4, 0.5) is 5.95 Å². The van der Waals surface area contributed by atoms with Crippen LogP contribution in [-0.4, -0.2) is 25.4 Å². The number of nitrogens with two attached hydrogens (primary N) is 1. The summed E-state index contributed by atoms with van der Waals surface area (Å²) in [5, 5.41) is 4.34. The van der Waals surface area contributed by atoms with Crippen molar-refractivity contribution in [1.29, 1.82) is 0 Å². The predicted octanol–water partition coefficient (Wildman–Crippen LogP) is 1.84. The Balaban J connectivity index is 1.97. The molecule has 3 rings (SSSR count). The maximum absolute atomic E-state index is 5.76. The molecule has 20 heavy (non-hydrogen) atoms. The third-order valence-corrected chi connectivity index (χ3v) is 2.88. The molecule has 1 aromatic carbocycles. The Morgan fingerprint density at radius 3 is 2.85 bits per heavy atom. The van der Waals surface area contributed by atoms with E-state index in [9.17, 15) is 0 Å². The van der Waals surface area contributed by atoms with Gasteiger partial charge in [0.15, 0.2) is 0 Å². The van der Waals surface area contributed by atoms with E-state index in [1.54, 1.807) is 29.6 Å². The summed E-state index contributed by atoms with van der Waals surface area (Å²) in [4.78, 5) is 8.17. The summed E-state index contributed by atoms with van der Waals surface area (Å²) in [6.07, 6.45) is 8.93. The molecule has 2 N–H and O–H groups in total. The zero-order valence-electron chi connectivity index (χ0n) is 11.0. The number of aryl methyl sites for hydroxylation is 1. The molecule has 2 heterocycles. The van der Waals surface area contributed by atoms with E-state index in [0.29, 0.717) is 5.95 Å². The first-order valence-electron chi connectivity index (χ1n) is 6.17. The highest BCUT2D eigenvalue weighted by Crippen LogP contribution is 2.12. The van der Waals surface area contributed by atoms with E-state index in [0.717, 1.165) is 16.9 Å². The van der Waals surface area contributed by atoms with E-state index in [1.165, 1.54) is 0 Å². The van der Waals surface area contributed by atoms with Gasteiger partial charge in [0.2, 0.25) is 5.95 Å². The van der Waals surface area contributed by atoms with Crippen molar-refractivity contribution in [2.45, 2.75) is 6.92 Å². The Bertz CT molecular complexity index is 739. The second-order valence-corrected chi connectivity index (χ2v) is 4.36. The van der Waals surface area contributed by atoms with Crippen LogP contribution in [-0.2, 0) is 0 Å². The molecule has 6 heteroatoms. The Hall–Kier alpha value is -2.89. The highest BCUT2D eigenvalue weighted by Gasteiger charge is 2.02. The van der Waals surface area contributed by atoms with Crippen molar-refractivity contribution in [2.24, 2.45) is 5.10 Å². The molecule has 0 atom stereocenters. The van der Waals surface area contributed by atoms with Crippen LogP contribution in [0.2, 0.25) is 0 Å². The van der Waals surface area contributed by atoms with Gasteiger partial charge in [-0.2, -0.15) is 5.10 Å². The Morgan fingerprint density at radius 1 is 1.30 bits per heavy atom. The first-order valence-corrected chi connectivity index (χ1v) is 6.17. The van der Waals surface area contributed by atoms with Gasteiger partial charge in [-0.05, 0) is 13.0 Å². The molecule has 6 nitrogen and oxygen atoms in total. The lowest BCUT2D eigenvalue weighted by Crippen LogP contribution is -1.99. The fourth-order valence-corrected chi connectivity index (χ4v) is 1.95. The highest BCUT2D eigenvalue weighted by molar-refractivity contribution is 5.84. The zero-order valence-corrected chi connectivity index (χ0v) is 11.0. The molecule has 0 fully saturated rings. The molecule has 0 aliphatic carbocycles. The number of hydrogen-bond donors (Lipinski definition) is 1. The number of para-hydroxylation sites is 1. The average Bonchev–Trinajstić information content (AvgIpc) is 3.07.